The number of fused-ring (bicyclic) bond motifs is 3. The van der Waals surface area contributed by atoms with Gasteiger partial charge in [-0.3, -0.25) is 19.4 Å². The zero-order valence-corrected chi connectivity index (χ0v) is 23.7. The number of aryl methyl sites for hydroxylation is 2. The number of rotatable bonds is 3. The number of para-hydroxylation sites is 1. The summed E-state index contributed by atoms with van der Waals surface area (Å²) in [7, 11) is 3.53. The van der Waals surface area contributed by atoms with E-state index in [9.17, 15) is 22.8 Å². The molecule has 5 heterocycles. The molecule has 1 fully saturated rings. The van der Waals surface area contributed by atoms with Gasteiger partial charge in [0.1, 0.15) is 23.4 Å². The largest absolute Gasteiger partial charge is 0.416 e. The molecule has 0 saturated carbocycles. The van der Waals surface area contributed by atoms with Gasteiger partial charge in [-0.1, -0.05) is 12.1 Å². The Bertz CT molecular complexity index is 1590. The third kappa shape index (κ3) is 4.69. The van der Waals surface area contributed by atoms with E-state index >= 15 is 4.39 Å². The third-order valence-electron chi connectivity index (χ3n) is 8.38. The standard InChI is InChI=1S/C29H31F4N7O2/c1-16-6-5-7-21-25(16)38(14-20-27(30)39-9-8-36(3)15-23(39)35-20)13-18-11-24(41)40(26(18)28(42)37(21)4)22-12-19(29(31,32)33)10-17(2)34-22/h5-7,10,12,18,26H,8-9,11,13-15H2,1-4H3/t18?,26-/m0/s1. The second-order valence-electron chi connectivity index (χ2n) is 11.4. The van der Waals surface area contributed by atoms with Crippen LogP contribution in [0, 0.1) is 25.7 Å². The maximum absolute atomic E-state index is 15.6. The number of carbonyl (C=O) groups excluding carboxylic acids is 2. The smallest absolute Gasteiger partial charge is 0.363 e. The van der Waals surface area contributed by atoms with E-state index in [4.69, 9.17) is 0 Å². The first-order valence-electron chi connectivity index (χ1n) is 13.8. The molecule has 9 nitrogen and oxygen atoms in total. The molecule has 0 spiro atoms. The van der Waals surface area contributed by atoms with E-state index in [0.717, 1.165) is 22.6 Å². The lowest BCUT2D eigenvalue weighted by Gasteiger charge is -2.39. The molecule has 2 amide bonds. The molecule has 3 aromatic rings. The van der Waals surface area contributed by atoms with Gasteiger partial charge in [0, 0.05) is 44.7 Å². The highest BCUT2D eigenvalue weighted by Gasteiger charge is 2.49. The molecule has 0 aliphatic carbocycles. The Hall–Kier alpha value is -4.00. The number of hydrogen-bond donors (Lipinski definition) is 0. The molecule has 6 rings (SSSR count). The molecule has 0 radical (unpaired) electrons. The molecule has 42 heavy (non-hydrogen) atoms. The monoisotopic (exact) mass is 585 g/mol. The summed E-state index contributed by atoms with van der Waals surface area (Å²) in [6.45, 7) is 5.28. The zero-order valence-electron chi connectivity index (χ0n) is 23.7. The summed E-state index contributed by atoms with van der Waals surface area (Å²) in [5.41, 5.74) is 1.52. The summed E-state index contributed by atoms with van der Waals surface area (Å²) >= 11 is 0. The van der Waals surface area contributed by atoms with E-state index in [0.29, 0.717) is 36.8 Å². The van der Waals surface area contributed by atoms with E-state index in [1.54, 1.807) is 23.7 Å². The van der Waals surface area contributed by atoms with Crippen LogP contribution in [0.15, 0.2) is 30.3 Å². The van der Waals surface area contributed by atoms with E-state index in [1.807, 2.05) is 24.9 Å². The number of anilines is 3. The number of aromatic nitrogens is 3. The van der Waals surface area contributed by atoms with Gasteiger partial charge in [0.2, 0.25) is 17.8 Å². The third-order valence-corrected chi connectivity index (χ3v) is 8.38. The molecule has 1 saturated heterocycles. The fourth-order valence-corrected chi connectivity index (χ4v) is 6.40. The van der Waals surface area contributed by atoms with Crippen LogP contribution in [0.4, 0.5) is 34.8 Å². The van der Waals surface area contributed by atoms with E-state index < -0.39 is 41.5 Å². The van der Waals surface area contributed by atoms with Crippen LogP contribution in [-0.2, 0) is 35.4 Å². The van der Waals surface area contributed by atoms with Crippen molar-refractivity contribution in [2.75, 3.05) is 41.9 Å². The van der Waals surface area contributed by atoms with Gasteiger partial charge in [-0.2, -0.15) is 17.6 Å². The number of amides is 2. The number of alkyl halides is 3. The minimum atomic E-state index is -4.65. The molecule has 3 aliphatic heterocycles. The number of halogens is 4. The van der Waals surface area contributed by atoms with Gasteiger partial charge in [0.25, 0.3) is 0 Å². The van der Waals surface area contributed by atoms with Crippen LogP contribution in [0.3, 0.4) is 0 Å². The molecule has 2 atom stereocenters. The normalized spacial score (nSPS) is 21.3. The van der Waals surface area contributed by atoms with Crippen molar-refractivity contribution in [1.29, 1.82) is 0 Å². The van der Waals surface area contributed by atoms with Crippen LogP contribution in [0.1, 0.15) is 34.8 Å². The molecule has 2 aromatic heterocycles. The van der Waals surface area contributed by atoms with Gasteiger partial charge >= 0.3 is 6.18 Å². The number of nitrogens with zero attached hydrogens (tertiary/aromatic N) is 7. The second-order valence-corrected chi connectivity index (χ2v) is 11.4. The lowest BCUT2D eigenvalue weighted by molar-refractivity contribution is -0.137. The van der Waals surface area contributed by atoms with Crippen molar-refractivity contribution in [2.24, 2.45) is 5.92 Å². The summed E-state index contributed by atoms with van der Waals surface area (Å²) in [6.07, 6.45) is -4.73. The van der Waals surface area contributed by atoms with Crippen LogP contribution in [0.5, 0.6) is 0 Å². The Morgan fingerprint density at radius 2 is 1.81 bits per heavy atom. The fourth-order valence-electron chi connectivity index (χ4n) is 6.40. The molecule has 3 aliphatic rings. The van der Waals surface area contributed by atoms with Gasteiger partial charge in [-0.25, -0.2) is 9.97 Å². The van der Waals surface area contributed by atoms with E-state index in [1.165, 1.54) is 11.8 Å². The van der Waals surface area contributed by atoms with Crippen LogP contribution < -0.4 is 14.7 Å². The molecule has 1 aromatic carbocycles. The van der Waals surface area contributed by atoms with Gasteiger partial charge in [-0.05, 0) is 44.7 Å². The predicted molar refractivity (Wildman–Crippen MR) is 148 cm³/mol. The van der Waals surface area contributed by atoms with Crippen molar-refractivity contribution < 1.29 is 27.2 Å². The van der Waals surface area contributed by atoms with Crippen LogP contribution in [0.2, 0.25) is 0 Å². The Kier molecular flexibility index (Phi) is 6.75. The molecule has 0 bridgehead atoms. The Labute approximate surface area is 240 Å². The Balaban J connectivity index is 1.43. The maximum Gasteiger partial charge on any atom is 0.416 e. The fraction of sp³-hybridized carbons (Fsp3) is 0.448. The first kappa shape index (κ1) is 28.1. The molecular weight excluding hydrogens is 554 g/mol. The Morgan fingerprint density at radius 1 is 1.05 bits per heavy atom. The second kappa shape index (κ2) is 10.1. The number of pyridine rings is 1. The van der Waals surface area contributed by atoms with Crippen molar-refractivity contribution in [3.8, 4) is 0 Å². The molecular formula is C29H31F4N7O2. The van der Waals surface area contributed by atoms with E-state index in [-0.39, 0.29) is 36.7 Å². The number of likely N-dealkylation sites (N-methyl/N-ethyl adjacent to an activating group) is 2. The molecule has 1 unspecified atom stereocenters. The van der Waals surface area contributed by atoms with Crippen molar-refractivity contribution in [2.45, 2.75) is 52.1 Å². The van der Waals surface area contributed by atoms with Crippen molar-refractivity contribution in [3.63, 3.8) is 0 Å². The lowest BCUT2D eigenvalue weighted by atomic mass is 9.95. The first-order chi connectivity index (χ1) is 19.8. The van der Waals surface area contributed by atoms with Crippen LogP contribution >= 0.6 is 0 Å². The van der Waals surface area contributed by atoms with Gasteiger partial charge in [0.15, 0.2) is 0 Å². The maximum atomic E-state index is 15.6. The average Bonchev–Trinajstić information content (AvgIpc) is 3.40. The quantitative estimate of drug-likeness (QED) is 0.434. The Morgan fingerprint density at radius 3 is 2.55 bits per heavy atom. The van der Waals surface area contributed by atoms with Crippen molar-refractivity contribution in [3.05, 3.63) is 64.6 Å². The highest BCUT2D eigenvalue weighted by molar-refractivity contribution is 6.10. The number of hydrogen-bond acceptors (Lipinski definition) is 6. The first-order valence-corrected chi connectivity index (χ1v) is 13.8. The number of carbonyl (C=O) groups is 2. The highest BCUT2D eigenvalue weighted by atomic mass is 19.4. The van der Waals surface area contributed by atoms with Gasteiger partial charge < -0.3 is 14.4 Å². The summed E-state index contributed by atoms with van der Waals surface area (Å²) in [6, 6.07) is 6.10. The van der Waals surface area contributed by atoms with Crippen LogP contribution in [0.25, 0.3) is 0 Å². The minimum absolute atomic E-state index is 0.0775. The summed E-state index contributed by atoms with van der Waals surface area (Å²) in [5.74, 6) is -1.51. The number of benzene rings is 1. The predicted octanol–water partition coefficient (Wildman–Crippen LogP) is 3.90. The van der Waals surface area contributed by atoms with E-state index in [2.05, 4.69) is 14.9 Å². The minimum Gasteiger partial charge on any atom is -0.363 e. The molecule has 13 heteroatoms. The lowest BCUT2D eigenvalue weighted by Crippen LogP contribution is -2.52. The summed E-state index contributed by atoms with van der Waals surface area (Å²) in [5, 5.41) is 0. The average molecular weight is 586 g/mol. The molecule has 222 valence electrons. The zero-order chi connectivity index (χ0) is 30.1. The topological polar surface area (TPSA) is 77.8 Å². The summed E-state index contributed by atoms with van der Waals surface area (Å²) < 4.78 is 58.2. The summed E-state index contributed by atoms with van der Waals surface area (Å²) in [4.78, 5) is 42.9. The van der Waals surface area contributed by atoms with Gasteiger partial charge in [0.05, 0.1) is 30.0 Å². The van der Waals surface area contributed by atoms with Gasteiger partial charge in [-0.15, -0.1) is 0 Å². The van der Waals surface area contributed by atoms with Crippen molar-refractivity contribution >= 4 is 29.0 Å². The SMILES string of the molecule is Cc1cc(C(F)(F)F)cc(N2C(=O)CC3CN(Cc4nc5n(c4F)CCN(C)C5)c4c(C)cccc4N(C)C(=O)[C@H]32)n1. The van der Waals surface area contributed by atoms with Crippen LogP contribution in [-0.4, -0.2) is 64.5 Å². The molecule has 0 N–H and O–H groups in total. The highest BCUT2D eigenvalue weighted by Crippen LogP contribution is 2.42. The number of imidazole rings is 1. The van der Waals surface area contributed by atoms with Crippen molar-refractivity contribution in [1.82, 2.24) is 19.4 Å².